The molecule has 2 rings (SSSR count). The van der Waals surface area contributed by atoms with Crippen LogP contribution in [-0.2, 0) is 6.42 Å². The zero-order valence-electron chi connectivity index (χ0n) is 12.2. The van der Waals surface area contributed by atoms with Crippen molar-refractivity contribution in [1.29, 1.82) is 0 Å². The molecule has 0 aliphatic rings. The molecule has 0 aromatic heterocycles. The normalized spacial score (nSPS) is 12.4. The molecule has 2 aromatic carbocycles. The predicted octanol–water partition coefficient (Wildman–Crippen LogP) is 4.12. The molecule has 2 nitrogen and oxygen atoms in total. The predicted molar refractivity (Wildman–Crippen MR) is 88.6 cm³/mol. The van der Waals surface area contributed by atoms with Crippen molar-refractivity contribution < 1.29 is 0 Å². The Bertz CT molecular complexity index is 588. The number of nitrogens with two attached hydrogens (primary N) is 1. The summed E-state index contributed by atoms with van der Waals surface area (Å²) in [7, 11) is 0. The molecular weight excluding hydrogens is 312 g/mol. The number of nitrogens with one attached hydrogen (secondary N) is 1. The zero-order chi connectivity index (χ0) is 14.7. The molecule has 20 heavy (non-hydrogen) atoms. The van der Waals surface area contributed by atoms with Gasteiger partial charge in [0.05, 0.1) is 6.04 Å². The van der Waals surface area contributed by atoms with Crippen molar-refractivity contribution in [2.75, 3.05) is 0 Å². The van der Waals surface area contributed by atoms with Crippen LogP contribution in [0.3, 0.4) is 0 Å². The molecule has 3 heteroatoms. The first-order valence-corrected chi connectivity index (χ1v) is 7.58. The van der Waals surface area contributed by atoms with Crippen LogP contribution in [0.1, 0.15) is 33.9 Å². The lowest BCUT2D eigenvalue weighted by Crippen LogP contribution is -2.30. The van der Waals surface area contributed by atoms with Gasteiger partial charge in [0.15, 0.2) is 0 Å². The lowest BCUT2D eigenvalue weighted by atomic mass is 9.94. The average Bonchev–Trinajstić information content (AvgIpc) is 2.35. The lowest BCUT2D eigenvalue weighted by Gasteiger charge is -2.19. The van der Waals surface area contributed by atoms with Crippen LogP contribution >= 0.6 is 15.9 Å². The number of rotatable bonds is 4. The number of hydrazine groups is 1. The van der Waals surface area contributed by atoms with Crippen molar-refractivity contribution in [2.24, 2.45) is 5.84 Å². The highest BCUT2D eigenvalue weighted by Gasteiger charge is 2.13. The SMILES string of the molecule is Cc1cc(C)cc(CC(NN)c2ccc(Br)cc2C)c1. The third-order valence-electron chi connectivity index (χ3n) is 3.53. The van der Waals surface area contributed by atoms with E-state index in [1.54, 1.807) is 0 Å². The van der Waals surface area contributed by atoms with Gasteiger partial charge >= 0.3 is 0 Å². The van der Waals surface area contributed by atoms with E-state index in [1.807, 2.05) is 0 Å². The largest absolute Gasteiger partial charge is 0.271 e. The first-order chi connectivity index (χ1) is 9.49. The van der Waals surface area contributed by atoms with Crippen molar-refractivity contribution in [1.82, 2.24) is 5.43 Å². The second-order valence-electron chi connectivity index (χ2n) is 5.42. The van der Waals surface area contributed by atoms with Crippen molar-refractivity contribution >= 4 is 15.9 Å². The van der Waals surface area contributed by atoms with Gasteiger partial charge in [-0.2, -0.15) is 0 Å². The second kappa shape index (κ2) is 6.53. The van der Waals surface area contributed by atoms with Gasteiger partial charge in [-0.25, -0.2) is 0 Å². The minimum Gasteiger partial charge on any atom is -0.271 e. The summed E-state index contributed by atoms with van der Waals surface area (Å²) in [4.78, 5) is 0. The van der Waals surface area contributed by atoms with E-state index in [2.05, 4.69) is 78.5 Å². The summed E-state index contributed by atoms with van der Waals surface area (Å²) < 4.78 is 1.10. The Balaban J connectivity index is 2.28. The van der Waals surface area contributed by atoms with Crippen LogP contribution in [0.5, 0.6) is 0 Å². The van der Waals surface area contributed by atoms with Crippen molar-refractivity contribution in [3.05, 3.63) is 68.7 Å². The Kier molecular flexibility index (Phi) is 4.97. The van der Waals surface area contributed by atoms with Gasteiger partial charge in [0.1, 0.15) is 0 Å². The second-order valence-corrected chi connectivity index (χ2v) is 6.34. The van der Waals surface area contributed by atoms with Crippen molar-refractivity contribution in [2.45, 2.75) is 33.2 Å². The maximum absolute atomic E-state index is 5.77. The lowest BCUT2D eigenvalue weighted by molar-refractivity contribution is 0.549. The fraction of sp³-hybridized carbons (Fsp3) is 0.294. The Morgan fingerprint density at radius 1 is 1.05 bits per heavy atom. The van der Waals surface area contributed by atoms with Gasteiger partial charge < -0.3 is 0 Å². The highest BCUT2D eigenvalue weighted by Crippen LogP contribution is 2.24. The van der Waals surface area contributed by atoms with E-state index in [1.165, 1.54) is 27.8 Å². The molecule has 0 aliphatic heterocycles. The summed E-state index contributed by atoms with van der Waals surface area (Å²) >= 11 is 3.50. The van der Waals surface area contributed by atoms with Gasteiger partial charge in [-0.1, -0.05) is 51.3 Å². The van der Waals surface area contributed by atoms with Crippen LogP contribution in [-0.4, -0.2) is 0 Å². The molecule has 0 spiro atoms. The van der Waals surface area contributed by atoms with E-state index >= 15 is 0 Å². The molecule has 106 valence electrons. The smallest absolute Gasteiger partial charge is 0.0502 e. The highest BCUT2D eigenvalue weighted by atomic mass is 79.9. The van der Waals surface area contributed by atoms with Gasteiger partial charge in [0, 0.05) is 4.47 Å². The number of halogens is 1. The average molecular weight is 333 g/mol. The number of hydrogen-bond donors (Lipinski definition) is 2. The molecule has 0 saturated carbocycles. The van der Waals surface area contributed by atoms with Crippen molar-refractivity contribution in [3.63, 3.8) is 0 Å². The van der Waals surface area contributed by atoms with E-state index < -0.39 is 0 Å². The van der Waals surface area contributed by atoms with Gasteiger partial charge in [-0.3, -0.25) is 11.3 Å². The van der Waals surface area contributed by atoms with Gasteiger partial charge in [0.25, 0.3) is 0 Å². The van der Waals surface area contributed by atoms with E-state index in [9.17, 15) is 0 Å². The Hall–Kier alpha value is -1.16. The molecule has 0 bridgehead atoms. The Morgan fingerprint density at radius 2 is 1.70 bits per heavy atom. The molecule has 0 aliphatic carbocycles. The molecule has 3 N–H and O–H groups in total. The molecular formula is C17H21BrN2. The van der Waals surface area contributed by atoms with Crippen LogP contribution in [0.25, 0.3) is 0 Å². The first kappa shape index (κ1) is 15.2. The quantitative estimate of drug-likeness (QED) is 0.652. The van der Waals surface area contributed by atoms with Gasteiger partial charge in [-0.15, -0.1) is 0 Å². The molecule has 0 fully saturated rings. The Labute approximate surface area is 129 Å². The fourth-order valence-electron chi connectivity index (χ4n) is 2.71. The van der Waals surface area contributed by atoms with Crippen LogP contribution in [0.2, 0.25) is 0 Å². The van der Waals surface area contributed by atoms with Crippen molar-refractivity contribution in [3.8, 4) is 0 Å². The fourth-order valence-corrected chi connectivity index (χ4v) is 3.19. The minimum absolute atomic E-state index is 0.129. The van der Waals surface area contributed by atoms with Crippen LogP contribution in [0.4, 0.5) is 0 Å². The van der Waals surface area contributed by atoms with Crippen LogP contribution < -0.4 is 11.3 Å². The summed E-state index contributed by atoms with van der Waals surface area (Å²) in [5.74, 6) is 5.77. The molecule has 0 heterocycles. The number of hydrogen-bond acceptors (Lipinski definition) is 2. The summed E-state index contributed by atoms with van der Waals surface area (Å²) in [6, 6.07) is 13.1. The summed E-state index contributed by atoms with van der Waals surface area (Å²) in [6.45, 7) is 6.38. The van der Waals surface area contributed by atoms with E-state index in [-0.39, 0.29) is 6.04 Å². The van der Waals surface area contributed by atoms with Crippen LogP contribution in [0.15, 0.2) is 40.9 Å². The Morgan fingerprint density at radius 3 is 2.25 bits per heavy atom. The van der Waals surface area contributed by atoms with Crippen LogP contribution in [0, 0.1) is 20.8 Å². The van der Waals surface area contributed by atoms with E-state index in [4.69, 9.17) is 5.84 Å². The molecule has 1 atom stereocenters. The third-order valence-corrected chi connectivity index (χ3v) is 4.02. The van der Waals surface area contributed by atoms with E-state index in [0.717, 1.165) is 10.9 Å². The first-order valence-electron chi connectivity index (χ1n) is 6.79. The standard InChI is InChI=1S/C17H21BrN2/c1-11-6-12(2)8-14(7-11)10-17(20-19)16-5-4-15(18)9-13(16)3/h4-9,17,20H,10,19H2,1-3H3. The molecule has 1 unspecified atom stereocenters. The monoisotopic (exact) mass is 332 g/mol. The highest BCUT2D eigenvalue weighted by molar-refractivity contribution is 9.10. The number of benzene rings is 2. The summed E-state index contributed by atoms with van der Waals surface area (Å²) in [5, 5.41) is 0. The molecule has 0 radical (unpaired) electrons. The number of aryl methyl sites for hydroxylation is 3. The maximum atomic E-state index is 5.77. The van der Waals surface area contributed by atoms with Gasteiger partial charge in [0.2, 0.25) is 0 Å². The molecule has 0 saturated heterocycles. The molecule has 0 amide bonds. The van der Waals surface area contributed by atoms with E-state index in [0.29, 0.717) is 0 Å². The van der Waals surface area contributed by atoms with Gasteiger partial charge in [-0.05, 0) is 56.0 Å². The topological polar surface area (TPSA) is 38.0 Å². The zero-order valence-corrected chi connectivity index (χ0v) is 13.8. The maximum Gasteiger partial charge on any atom is 0.0502 e. The summed E-state index contributed by atoms with van der Waals surface area (Å²) in [5.41, 5.74) is 9.34. The third kappa shape index (κ3) is 3.69. The summed E-state index contributed by atoms with van der Waals surface area (Å²) in [6.07, 6.45) is 0.890. The minimum atomic E-state index is 0.129. The molecule has 2 aromatic rings.